The number of hydrogen-bond donors (Lipinski definition) is 0. The second-order valence-electron chi connectivity index (χ2n) is 8.16. The fourth-order valence-corrected chi connectivity index (χ4v) is 3.73. The summed E-state index contributed by atoms with van der Waals surface area (Å²) >= 11 is 0. The van der Waals surface area contributed by atoms with Gasteiger partial charge < -0.3 is 9.64 Å². The second kappa shape index (κ2) is 6.64. The van der Waals surface area contributed by atoms with Crippen LogP contribution in [0.1, 0.15) is 39.7 Å². The Morgan fingerprint density at radius 1 is 1.31 bits per heavy atom. The number of hydrogen-bond acceptors (Lipinski definition) is 4. The van der Waals surface area contributed by atoms with Gasteiger partial charge in [-0.2, -0.15) is 10.3 Å². The minimum atomic E-state index is -0.509. The molecule has 2 aliphatic rings. The Labute approximate surface area is 155 Å². The number of amidine groups is 1. The highest BCUT2D eigenvalue weighted by Gasteiger charge is 2.60. The van der Waals surface area contributed by atoms with Gasteiger partial charge in [0.2, 0.25) is 6.19 Å². The molecule has 26 heavy (non-hydrogen) atoms. The van der Waals surface area contributed by atoms with Gasteiger partial charge in [-0.3, -0.25) is 4.90 Å². The molecule has 6 nitrogen and oxygen atoms in total. The van der Waals surface area contributed by atoms with Crippen LogP contribution in [0.2, 0.25) is 0 Å². The molecular formula is C20H26N4O2. The Morgan fingerprint density at radius 3 is 2.50 bits per heavy atom. The molecule has 1 aliphatic heterocycles. The van der Waals surface area contributed by atoms with Crippen molar-refractivity contribution in [2.45, 2.75) is 45.3 Å². The van der Waals surface area contributed by atoms with Gasteiger partial charge in [-0.1, -0.05) is 37.3 Å². The third-order valence-electron chi connectivity index (χ3n) is 5.11. The maximum atomic E-state index is 12.7. The maximum absolute atomic E-state index is 12.7. The normalized spacial score (nSPS) is 25.8. The van der Waals surface area contributed by atoms with Crippen molar-refractivity contribution < 1.29 is 9.53 Å². The van der Waals surface area contributed by atoms with E-state index >= 15 is 0 Å². The lowest BCUT2D eigenvalue weighted by atomic mass is 10.1. The smallest absolute Gasteiger partial charge is 0.410 e. The lowest BCUT2D eigenvalue weighted by Gasteiger charge is -2.44. The molecule has 0 N–H and O–H groups in total. The van der Waals surface area contributed by atoms with Gasteiger partial charge in [0.05, 0.1) is 5.54 Å². The standard InChI is InChI=1S/C20H26N4O2/c1-15-12-20(15)13-23(10-11-24(20)18(25)26-19(2,3)4)17(22-14-21)16-8-6-5-7-9-16/h5-9,15H,10-13H2,1-4H3/t15-,20?/m1/s1. The van der Waals surface area contributed by atoms with Crippen LogP contribution >= 0.6 is 0 Å². The molecule has 1 unspecified atom stereocenters. The molecule has 1 aliphatic carbocycles. The van der Waals surface area contributed by atoms with Gasteiger partial charge >= 0.3 is 6.09 Å². The van der Waals surface area contributed by atoms with Crippen molar-refractivity contribution in [3.05, 3.63) is 35.9 Å². The largest absolute Gasteiger partial charge is 0.444 e. The van der Waals surface area contributed by atoms with Gasteiger partial charge in [-0.15, -0.1) is 0 Å². The summed E-state index contributed by atoms with van der Waals surface area (Å²) in [4.78, 5) is 20.8. The van der Waals surface area contributed by atoms with Crippen molar-refractivity contribution in [2.75, 3.05) is 19.6 Å². The molecule has 2 atom stereocenters. The van der Waals surface area contributed by atoms with Crippen molar-refractivity contribution in [3.8, 4) is 6.19 Å². The third-order valence-corrected chi connectivity index (χ3v) is 5.11. The molecule has 1 saturated carbocycles. The Balaban J connectivity index is 1.82. The number of nitriles is 1. The van der Waals surface area contributed by atoms with E-state index in [-0.39, 0.29) is 11.6 Å². The number of carbonyl (C=O) groups is 1. The first-order valence-corrected chi connectivity index (χ1v) is 9.04. The van der Waals surface area contributed by atoms with Crippen LogP contribution in [0.5, 0.6) is 0 Å². The highest BCUT2D eigenvalue weighted by molar-refractivity contribution is 5.99. The number of carbonyl (C=O) groups excluding carboxylic acids is 1. The second-order valence-corrected chi connectivity index (χ2v) is 8.16. The SMILES string of the molecule is C[C@@H]1CC12CN(C(=NC#N)c1ccccc1)CCN2C(=O)OC(C)(C)C. The molecule has 1 saturated heterocycles. The van der Waals surface area contributed by atoms with Crippen LogP contribution < -0.4 is 0 Å². The number of aliphatic imine (C=N–C) groups is 1. The van der Waals surface area contributed by atoms with E-state index in [2.05, 4.69) is 16.8 Å². The molecule has 1 spiro atoms. The number of piperazine rings is 1. The van der Waals surface area contributed by atoms with Gasteiger partial charge in [-0.25, -0.2) is 4.79 Å². The van der Waals surface area contributed by atoms with Crippen molar-refractivity contribution >= 4 is 11.9 Å². The zero-order valence-corrected chi connectivity index (χ0v) is 15.9. The Hall–Kier alpha value is -2.55. The van der Waals surface area contributed by atoms with Crippen LogP contribution in [0.4, 0.5) is 4.79 Å². The Bertz CT molecular complexity index is 747. The summed E-state index contributed by atoms with van der Waals surface area (Å²) in [5, 5.41) is 9.15. The van der Waals surface area contributed by atoms with E-state index in [1.807, 2.05) is 62.2 Å². The van der Waals surface area contributed by atoms with Crippen LogP contribution in [-0.2, 0) is 4.74 Å². The number of amides is 1. The molecule has 138 valence electrons. The van der Waals surface area contributed by atoms with Crippen LogP contribution in [0.3, 0.4) is 0 Å². The summed E-state index contributed by atoms with van der Waals surface area (Å²) in [7, 11) is 0. The molecule has 1 heterocycles. The average molecular weight is 354 g/mol. The van der Waals surface area contributed by atoms with Crippen LogP contribution in [0.15, 0.2) is 35.3 Å². The zero-order chi connectivity index (χ0) is 18.9. The van der Waals surface area contributed by atoms with E-state index in [0.717, 1.165) is 12.0 Å². The first-order chi connectivity index (χ1) is 12.3. The van der Waals surface area contributed by atoms with Crippen molar-refractivity contribution in [1.29, 1.82) is 5.26 Å². The molecule has 2 fully saturated rings. The molecule has 1 amide bonds. The number of nitrogens with zero attached hydrogens (tertiary/aromatic N) is 4. The summed E-state index contributed by atoms with van der Waals surface area (Å²) in [6, 6.07) is 9.74. The maximum Gasteiger partial charge on any atom is 0.410 e. The molecule has 0 bridgehead atoms. The minimum Gasteiger partial charge on any atom is -0.444 e. The highest BCUT2D eigenvalue weighted by Crippen LogP contribution is 2.50. The molecule has 0 radical (unpaired) electrons. The van der Waals surface area contributed by atoms with Gasteiger partial charge in [0.25, 0.3) is 0 Å². The predicted molar refractivity (Wildman–Crippen MR) is 99.6 cm³/mol. The Kier molecular flexibility index (Phi) is 4.66. The third kappa shape index (κ3) is 3.52. The van der Waals surface area contributed by atoms with Crippen LogP contribution in [0.25, 0.3) is 0 Å². The number of rotatable bonds is 1. The lowest BCUT2D eigenvalue weighted by molar-refractivity contribution is -0.00195. The molecule has 1 aromatic rings. The van der Waals surface area contributed by atoms with Gasteiger partial charge in [0.1, 0.15) is 11.4 Å². The van der Waals surface area contributed by atoms with E-state index in [1.165, 1.54) is 0 Å². The fourth-order valence-electron chi connectivity index (χ4n) is 3.73. The molecule has 0 aromatic heterocycles. The summed E-state index contributed by atoms with van der Waals surface area (Å²) in [6.45, 7) is 9.68. The minimum absolute atomic E-state index is 0.231. The number of benzene rings is 1. The van der Waals surface area contributed by atoms with E-state index in [9.17, 15) is 4.79 Å². The van der Waals surface area contributed by atoms with Crippen molar-refractivity contribution in [1.82, 2.24) is 9.80 Å². The predicted octanol–water partition coefficient (Wildman–Crippen LogP) is 3.25. The zero-order valence-electron chi connectivity index (χ0n) is 15.9. The summed E-state index contributed by atoms with van der Waals surface area (Å²) in [5.74, 6) is 1.08. The highest BCUT2D eigenvalue weighted by atomic mass is 16.6. The summed E-state index contributed by atoms with van der Waals surface area (Å²) in [5.41, 5.74) is 0.180. The van der Waals surface area contributed by atoms with E-state index in [1.54, 1.807) is 0 Å². The van der Waals surface area contributed by atoms with Crippen molar-refractivity contribution in [3.63, 3.8) is 0 Å². The van der Waals surface area contributed by atoms with Gasteiger partial charge in [-0.05, 0) is 33.1 Å². The number of ether oxygens (including phenoxy) is 1. The van der Waals surface area contributed by atoms with E-state index in [0.29, 0.717) is 31.4 Å². The van der Waals surface area contributed by atoms with Crippen molar-refractivity contribution in [2.24, 2.45) is 10.9 Å². The van der Waals surface area contributed by atoms with Crippen LogP contribution in [0, 0.1) is 17.4 Å². The monoisotopic (exact) mass is 354 g/mol. The van der Waals surface area contributed by atoms with E-state index < -0.39 is 5.60 Å². The molecule has 1 aromatic carbocycles. The quantitative estimate of drug-likeness (QED) is 0.441. The van der Waals surface area contributed by atoms with E-state index in [4.69, 9.17) is 10.00 Å². The van der Waals surface area contributed by atoms with Crippen LogP contribution in [-0.4, -0.2) is 52.5 Å². The molecule has 6 heteroatoms. The lowest BCUT2D eigenvalue weighted by Crippen LogP contribution is -2.59. The summed E-state index contributed by atoms with van der Waals surface area (Å²) in [6.07, 6.45) is 2.62. The Morgan fingerprint density at radius 2 is 1.96 bits per heavy atom. The first-order valence-electron chi connectivity index (χ1n) is 9.04. The molecule has 3 rings (SSSR count). The summed E-state index contributed by atoms with van der Waals surface area (Å²) < 4.78 is 5.61. The molecular weight excluding hydrogens is 328 g/mol. The van der Waals surface area contributed by atoms with Gasteiger partial charge in [0.15, 0.2) is 0 Å². The van der Waals surface area contributed by atoms with Gasteiger partial charge in [0, 0.05) is 25.2 Å². The fraction of sp³-hybridized carbons (Fsp3) is 0.550. The topological polar surface area (TPSA) is 68.9 Å². The average Bonchev–Trinajstić information content (AvgIpc) is 3.20. The first kappa shape index (κ1) is 18.2.